The Kier molecular flexibility index (Phi) is 8.75. The first-order valence-corrected chi connectivity index (χ1v) is 15.5. The first-order valence-electron chi connectivity index (χ1n) is 14.3. The molecule has 4 aromatic rings. The lowest BCUT2D eigenvalue weighted by Gasteiger charge is -2.37. The Morgan fingerprint density at radius 3 is 2.38 bits per heavy atom. The number of anilines is 2. The van der Waals surface area contributed by atoms with Gasteiger partial charge in [-0.3, -0.25) is 9.59 Å². The molecule has 2 amide bonds. The van der Waals surface area contributed by atoms with Crippen molar-refractivity contribution in [2.45, 2.75) is 59.4 Å². The van der Waals surface area contributed by atoms with E-state index in [1.165, 1.54) is 11.3 Å². The first kappa shape index (κ1) is 32.5. The van der Waals surface area contributed by atoms with Crippen LogP contribution in [0.15, 0.2) is 29.1 Å². The lowest BCUT2D eigenvalue weighted by atomic mass is 10.1. The van der Waals surface area contributed by atoms with Crippen LogP contribution in [0.4, 0.5) is 29.3 Å². The van der Waals surface area contributed by atoms with E-state index in [0.29, 0.717) is 54.3 Å². The minimum absolute atomic E-state index is 0.0129. The minimum atomic E-state index is -4.59. The summed E-state index contributed by atoms with van der Waals surface area (Å²) in [6.07, 6.45) is -4.67. The number of nitrogens with one attached hydrogen (secondary N) is 1. The van der Waals surface area contributed by atoms with E-state index in [9.17, 15) is 27.6 Å². The number of amides is 2. The highest BCUT2D eigenvalue weighted by Gasteiger charge is 2.32. The normalized spacial score (nSPS) is 14.3. The molecule has 0 aliphatic carbocycles. The fraction of sp³-hybridized carbons (Fsp3) is 0.433. The number of fused-ring (bicyclic) bond motifs is 2. The monoisotopic (exact) mass is 664 g/mol. The number of alkyl halides is 3. The molecular weight excluding hydrogens is 633 g/mol. The largest absolute Gasteiger partial charge is 0.444 e. The molecule has 0 atom stereocenters. The maximum Gasteiger partial charge on any atom is 0.416 e. The van der Waals surface area contributed by atoms with Crippen LogP contribution in [0.25, 0.3) is 21.5 Å². The molecule has 1 aliphatic heterocycles. The Bertz CT molecular complexity index is 1860. The van der Waals surface area contributed by atoms with Crippen LogP contribution < -0.4 is 15.6 Å². The fourth-order valence-electron chi connectivity index (χ4n) is 5.23. The van der Waals surface area contributed by atoms with Gasteiger partial charge in [0.05, 0.1) is 16.3 Å². The van der Waals surface area contributed by atoms with Crippen LogP contribution in [0.1, 0.15) is 43.8 Å². The summed E-state index contributed by atoms with van der Waals surface area (Å²) < 4.78 is 46.5. The zero-order valence-electron chi connectivity index (χ0n) is 25.3. The van der Waals surface area contributed by atoms with Gasteiger partial charge in [0.1, 0.15) is 28.2 Å². The molecule has 0 radical (unpaired) electrons. The zero-order chi connectivity index (χ0) is 32.8. The summed E-state index contributed by atoms with van der Waals surface area (Å²) in [4.78, 5) is 54.5. The molecule has 5 rings (SSSR count). The summed E-state index contributed by atoms with van der Waals surface area (Å²) >= 11 is 7.50. The average molecular weight is 665 g/mol. The van der Waals surface area contributed by atoms with Gasteiger partial charge in [-0.15, -0.1) is 11.3 Å². The molecular formula is C30H32ClF3N6O4S. The average Bonchev–Trinajstić information content (AvgIpc) is 3.32. The number of aryl methyl sites for hydroxylation is 1. The van der Waals surface area contributed by atoms with E-state index in [0.717, 1.165) is 23.1 Å². The fourth-order valence-corrected chi connectivity index (χ4v) is 6.27. The van der Waals surface area contributed by atoms with Gasteiger partial charge in [-0.25, -0.2) is 14.8 Å². The minimum Gasteiger partial charge on any atom is -0.444 e. The van der Waals surface area contributed by atoms with Gasteiger partial charge in [-0.05, 0) is 58.4 Å². The van der Waals surface area contributed by atoms with Gasteiger partial charge < -0.3 is 24.4 Å². The standard InChI is InChI=1S/C30H32ClF3N6O4S/c1-6-21-24(38-9-11-39(12-10-38)28(43)44-29(3,4)5)25(42)23-26(37-27-20(36-23)13-16(2)45-27)40(21)15-22(41)35-19-8-7-17(14-18(19)31)30(32,33)34/h7-8,13-14H,6,9-12,15H2,1-5H3,(H,35,41). The van der Waals surface area contributed by atoms with Crippen LogP contribution in [0.5, 0.6) is 0 Å². The molecule has 1 fully saturated rings. The number of carbonyl (C=O) groups excluding carboxylic acids is 2. The topological polar surface area (TPSA) is 110 Å². The molecule has 3 aromatic heterocycles. The predicted molar refractivity (Wildman–Crippen MR) is 168 cm³/mol. The molecule has 15 heteroatoms. The van der Waals surface area contributed by atoms with Crippen molar-refractivity contribution in [3.8, 4) is 0 Å². The molecule has 0 spiro atoms. The van der Waals surface area contributed by atoms with E-state index in [1.54, 1.807) is 30.2 Å². The molecule has 4 heterocycles. The van der Waals surface area contributed by atoms with Gasteiger partial charge >= 0.3 is 12.3 Å². The molecule has 10 nitrogen and oxygen atoms in total. The molecule has 0 saturated carbocycles. The van der Waals surface area contributed by atoms with Crippen molar-refractivity contribution >= 4 is 67.8 Å². The number of hydrogen-bond donors (Lipinski definition) is 1. The molecule has 0 bridgehead atoms. The number of carbonyl (C=O) groups is 2. The zero-order valence-corrected chi connectivity index (χ0v) is 26.9. The maximum absolute atomic E-state index is 14.1. The van der Waals surface area contributed by atoms with Crippen LogP contribution in [0, 0.1) is 6.92 Å². The first-order chi connectivity index (χ1) is 21.1. The summed E-state index contributed by atoms with van der Waals surface area (Å²) in [5, 5.41) is 2.32. The number of thiophene rings is 1. The second kappa shape index (κ2) is 12.1. The summed E-state index contributed by atoms with van der Waals surface area (Å²) in [6, 6.07) is 4.52. The third-order valence-corrected chi connectivity index (χ3v) is 8.45. The van der Waals surface area contributed by atoms with Crippen molar-refractivity contribution in [1.29, 1.82) is 0 Å². The van der Waals surface area contributed by atoms with E-state index in [4.69, 9.17) is 21.3 Å². The number of pyridine rings is 1. The summed E-state index contributed by atoms with van der Waals surface area (Å²) in [7, 11) is 0. The number of halogens is 4. The molecule has 1 saturated heterocycles. The van der Waals surface area contributed by atoms with E-state index in [1.807, 2.05) is 24.8 Å². The van der Waals surface area contributed by atoms with Crippen LogP contribution in [-0.4, -0.2) is 63.2 Å². The Balaban J connectivity index is 1.54. The Hall–Kier alpha value is -3.91. The summed E-state index contributed by atoms with van der Waals surface area (Å²) in [5.74, 6) is -0.582. The second-order valence-electron chi connectivity index (χ2n) is 11.7. The van der Waals surface area contributed by atoms with Gasteiger partial charge in [0, 0.05) is 36.8 Å². The highest BCUT2D eigenvalue weighted by Crippen LogP contribution is 2.34. The van der Waals surface area contributed by atoms with Gasteiger partial charge in [-0.2, -0.15) is 13.2 Å². The smallest absolute Gasteiger partial charge is 0.416 e. The van der Waals surface area contributed by atoms with Crippen molar-refractivity contribution in [2.75, 3.05) is 36.4 Å². The molecule has 1 aliphatic rings. The number of benzene rings is 1. The van der Waals surface area contributed by atoms with Crippen molar-refractivity contribution < 1.29 is 27.5 Å². The Labute approximate surface area is 265 Å². The van der Waals surface area contributed by atoms with Gasteiger partial charge in [-0.1, -0.05) is 18.5 Å². The van der Waals surface area contributed by atoms with E-state index < -0.39 is 29.3 Å². The number of hydrogen-bond acceptors (Lipinski definition) is 8. The van der Waals surface area contributed by atoms with E-state index >= 15 is 0 Å². The quantitative estimate of drug-likeness (QED) is 0.269. The van der Waals surface area contributed by atoms with Crippen molar-refractivity contribution in [1.82, 2.24) is 19.4 Å². The number of ether oxygens (including phenoxy) is 1. The van der Waals surface area contributed by atoms with Crippen molar-refractivity contribution in [3.05, 3.63) is 55.6 Å². The number of piperazine rings is 1. The SMILES string of the molecule is CCc1c(N2CCN(C(=O)OC(C)(C)C)CC2)c(=O)c2nc3cc(C)sc3nc2n1CC(=O)Nc1ccc(C(F)(F)F)cc1Cl. The summed E-state index contributed by atoms with van der Waals surface area (Å²) in [6.45, 7) is 10.1. The van der Waals surface area contributed by atoms with Crippen LogP contribution in [0.3, 0.4) is 0 Å². The Morgan fingerprint density at radius 2 is 1.78 bits per heavy atom. The van der Waals surface area contributed by atoms with Gasteiger partial charge in [0.25, 0.3) is 0 Å². The van der Waals surface area contributed by atoms with E-state index in [-0.39, 0.29) is 33.8 Å². The molecule has 0 unspecified atom stereocenters. The van der Waals surface area contributed by atoms with E-state index in [2.05, 4.69) is 10.3 Å². The third kappa shape index (κ3) is 6.86. The molecule has 1 N–H and O–H groups in total. The number of aromatic nitrogens is 3. The predicted octanol–water partition coefficient (Wildman–Crippen LogP) is 6.25. The third-order valence-electron chi connectivity index (χ3n) is 7.21. The van der Waals surface area contributed by atoms with Crippen molar-refractivity contribution in [2.24, 2.45) is 0 Å². The van der Waals surface area contributed by atoms with Crippen LogP contribution in [-0.2, 0) is 28.7 Å². The van der Waals surface area contributed by atoms with Crippen LogP contribution >= 0.6 is 22.9 Å². The second-order valence-corrected chi connectivity index (χ2v) is 13.3. The Morgan fingerprint density at radius 1 is 1.09 bits per heavy atom. The lowest BCUT2D eigenvalue weighted by Crippen LogP contribution is -2.51. The van der Waals surface area contributed by atoms with Gasteiger partial charge in [0.15, 0.2) is 11.2 Å². The number of rotatable bonds is 5. The number of nitrogens with zero attached hydrogens (tertiary/aromatic N) is 5. The van der Waals surface area contributed by atoms with Crippen LogP contribution in [0.2, 0.25) is 5.02 Å². The summed E-state index contributed by atoms with van der Waals surface area (Å²) in [5.41, 5.74) is -0.161. The molecule has 240 valence electrons. The highest BCUT2D eigenvalue weighted by atomic mass is 35.5. The van der Waals surface area contributed by atoms with Crippen molar-refractivity contribution in [3.63, 3.8) is 0 Å². The molecule has 1 aromatic carbocycles. The van der Waals surface area contributed by atoms with Gasteiger partial charge in [0.2, 0.25) is 11.3 Å². The molecule has 45 heavy (non-hydrogen) atoms. The maximum atomic E-state index is 14.1. The highest BCUT2D eigenvalue weighted by molar-refractivity contribution is 7.18. The lowest BCUT2D eigenvalue weighted by molar-refractivity contribution is -0.137.